The predicted molar refractivity (Wildman–Crippen MR) is 46.4 cm³/mol. The molecular weight excluding hydrogens is 154 g/mol. The molecule has 0 fully saturated rings. The molecule has 3 heteroatoms. The predicted octanol–water partition coefficient (Wildman–Crippen LogP) is 2.14. The lowest BCUT2D eigenvalue weighted by Crippen LogP contribution is -1.92. The van der Waals surface area contributed by atoms with Gasteiger partial charge in [-0.05, 0) is 19.1 Å². The van der Waals surface area contributed by atoms with Crippen LogP contribution in [0.15, 0.2) is 23.2 Å². The van der Waals surface area contributed by atoms with Crippen LogP contribution in [-0.4, -0.2) is 13.0 Å². The summed E-state index contributed by atoms with van der Waals surface area (Å²) < 4.78 is 10.3. The van der Waals surface area contributed by atoms with E-state index in [1.54, 1.807) is 6.21 Å². The van der Waals surface area contributed by atoms with E-state index in [-0.39, 0.29) is 0 Å². The van der Waals surface area contributed by atoms with Crippen LogP contribution in [0.1, 0.15) is 6.92 Å². The van der Waals surface area contributed by atoms with Gasteiger partial charge in [-0.1, -0.05) is 0 Å². The van der Waals surface area contributed by atoms with Crippen molar-refractivity contribution in [2.45, 2.75) is 6.92 Å². The lowest BCUT2D eigenvalue weighted by molar-refractivity contribution is 0.174. The number of fused-ring (bicyclic) bond motifs is 1. The van der Waals surface area contributed by atoms with Crippen molar-refractivity contribution in [3.8, 4) is 11.5 Å². The molecule has 12 heavy (non-hydrogen) atoms. The average molecular weight is 163 g/mol. The van der Waals surface area contributed by atoms with Crippen LogP contribution in [-0.2, 0) is 0 Å². The van der Waals surface area contributed by atoms with Crippen LogP contribution in [0.2, 0.25) is 0 Å². The van der Waals surface area contributed by atoms with Crippen LogP contribution >= 0.6 is 0 Å². The quantitative estimate of drug-likeness (QED) is 0.594. The van der Waals surface area contributed by atoms with Crippen molar-refractivity contribution in [2.24, 2.45) is 4.99 Å². The number of hydrogen-bond acceptors (Lipinski definition) is 3. The van der Waals surface area contributed by atoms with Crippen LogP contribution in [0.5, 0.6) is 11.5 Å². The summed E-state index contributed by atoms with van der Waals surface area (Å²) in [6, 6.07) is 5.63. The molecule has 0 saturated heterocycles. The molecule has 0 radical (unpaired) electrons. The van der Waals surface area contributed by atoms with E-state index in [4.69, 9.17) is 9.47 Å². The number of hydrogen-bond donors (Lipinski definition) is 0. The van der Waals surface area contributed by atoms with Gasteiger partial charge in [-0.15, -0.1) is 0 Å². The molecule has 1 aromatic rings. The minimum Gasteiger partial charge on any atom is -0.454 e. The second-order valence-corrected chi connectivity index (χ2v) is 2.42. The number of rotatable bonds is 1. The summed E-state index contributed by atoms with van der Waals surface area (Å²) in [4.78, 5) is 4.12. The van der Waals surface area contributed by atoms with Crippen LogP contribution in [0.3, 0.4) is 0 Å². The Labute approximate surface area is 70.6 Å². The summed E-state index contributed by atoms with van der Waals surface area (Å²) in [6.07, 6.45) is 1.75. The summed E-state index contributed by atoms with van der Waals surface area (Å²) in [5.74, 6) is 1.57. The van der Waals surface area contributed by atoms with Crippen LogP contribution in [0.25, 0.3) is 0 Å². The fourth-order valence-electron chi connectivity index (χ4n) is 1.11. The molecule has 0 aromatic heterocycles. The molecule has 0 amide bonds. The minimum atomic E-state index is 0.314. The van der Waals surface area contributed by atoms with E-state index in [1.807, 2.05) is 25.1 Å². The Kier molecular flexibility index (Phi) is 1.70. The SMILES string of the molecule is CC=Nc1ccc2c(c1)OCO2. The highest BCUT2D eigenvalue weighted by Crippen LogP contribution is 2.34. The first-order valence-corrected chi connectivity index (χ1v) is 3.78. The zero-order valence-corrected chi connectivity index (χ0v) is 6.78. The maximum absolute atomic E-state index is 5.19. The fourth-order valence-corrected chi connectivity index (χ4v) is 1.11. The molecule has 0 unspecified atom stereocenters. The van der Waals surface area contributed by atoms with Crippen LogP contribution < -0.4 is 9.47 Å². The molecule has 1 aliphatic rings. The van der Waals surface area contributed by atoms with Gasteiger partial charge in [-0.3, -0.25) is 4.99 Å². The molecule has 0 saturated carbocycles. The Bertz CT molecular complexity index is 320. The van der Waals surface area contributed by atoms with E-state index >= 15 is 0 Å². The van der Waals surface area contributed by atoms with Gasteiger partial charge in [0.1, 0.15) is 0 Å². The third-order valence-corrected chi connectivity index (χ3v) is 1.63. The highest BCUT2D eigenvalue weighted by molar-refractivity contribution is 5.62. The van der Waals surface area contributed by atoms with Crippen molar-refractivity contribution < 1.29 is 9.47 Å². The molecule has 0 N–H and O–H groups in total. The van der Waals surface area contributed by atoms with Crippen molar-refractivity contribution in [3.63, 3.8) is 0 Å². The minimum absolute atomic E-state index is 0.314. The smallest absolute Gasteiger partial charge is 0.231 e. The average Bonchev–Trinajstić information content (AvgIpc) is 2.51. The first kappa shape index (κ1) is 7.16. The van der Waals surface area contributed by atoms with Crippen LogP contribution in [0.4, 0.5) is 5.69 Å². The van der Waals surface area contributed by atoms with Gasteiger partial charge in [0, 0.05) is 12.3 Å². The van der Waals surface area contributed by atoms with Gasteiger partial charge in [0.2, 0.25) is 6.79 Å². The molecule has 0 atom stereocenters. The Balaban J connectivity index is 2.38. The summed E-state index contributed by atoms with van der Waals surface area (Å²) in [5.41, 5.74) is 0.891. The third kappa shape index (κ3) is 1.13. The largest absolute Gasteiger partial charge is 0.454 e. The van der Waals surface area contributed by atoms with Gasteiger partial charge < -0.3 is 9.47 Å². The van der Waals surface area contributed by atoms with E-state index in [1.165, 1.54) is 0 Å². The highest BCUT2D eigenvalue weighted by Gasteiger charge is 2.12. The lowest BCUT2D eigenvalue weighted by atomic mass is 10.3. The van der Waals surface area contributed by atoms with Crippen molar-refractivity contribution in [1.29, 1.82) is 0 Å². The van der Waals surface area contributed by atoms with Crippen molar-refractivity contribution in [3.05, 3.63) is 18.2 Å². The highest BCUT2D eigenvalue weighted by atomic mass is 16.7. The second-order valence-electron chi connectivity index (χ2n) is 2.42. The molecule has 1 aliphatic heterocycles. The van der Waals surface area contributed by atoms with E-state index in [2.05, 4.69) is 4.99 Å². The zero-order valence-electron chi connectivity index (χ0n) is 6.78. The van der Waals surface area contributed by atoms with E-state index < -0.39 is 0 Å². The standard InChI is InChI=1S/C9H9NO2/c1-2-10-7-3-4-8-9(5-7)12-6-11-8/h2-5H,6H2,1H3. The third-order valence-electron chi connectivity index (χ3n) is 1.63. The Morgan fingerprint density at radius 2 is 2.17 bits per heavy atom. The van der Waals surface area contributed by atoms with Crippen molar-refractivity contribution in [1.82, 2.24) is 0 Å². The Morgan fingerprint density at radius 1 is 1.33 bits per heavy atom. The van der Waals surface area contributed by atoms with Gasteiger partial charge in [-0.2, -0.15) is 0 Å². The molecule has 0 spiro atoms. The van der Waals surface area contributed by atoms with E-state index in [9.17, 15) is 0 Å². The summed E-state index contributed by atoms with van der Waals surface area (Å²) in [5, 5.41) is 0. The Hall–Kier alpha value is -1.51. The maximum atomic E-state index is 5.19. The first-order chi connectivity index (χ1) is 5.90. The molecule has 1 aromatic carbocycles. The van der Waals surface area contributed by atoms with Crippen LogP contribution in [0, 0.1) is 0 Å². The second kappa shape index (κ2) is 2.85. The van der Waals surface area contributed by atoms with Gasteiger partial charge in [0.05, 0.1) is 5.69 Å². The Morgan fingerprint density at radius 3 is 3.00 bits per heavy atom. The number of ether oxygens (including phenoxy) is 2. The van der Waals surface area contributed by atoms with E-state index in [0.717, 1.165) is 17.2 Å². The lowest BCUT2D eigenvalue weighted by Gasteiger charge is -1.95. The van der Waals surface area contributed by atoms with Crippen molar-refractivity contribution >= 4 is 11.9 Å². The summed E-state index contributed by atoms with van der Waals surface area (Å²) in [6.45, 7) is 2.19. The molecule has 2 rings (SSSR count). The molecule has 62 valence electrons. The monoisotopic (exact) mass is 163 g/mol. The molecule has 3 nitrogen and oxygen atoms in total. The topological polar surface area (TPSA) is 30.8 Å². The fraction of sp³-hybridized carbons (Fsp3) is 0.222. The van der Waals surface area contributed by atoms with E-state index in [0.29, 0.717) is 6.79 Å². The van der Waals surface area contributed by atoms with Gasteiger partial charge in [0.15, 0.2) is 11.5 Å². The molecule has 0 bridgehead atoms. The maximum Gasteiger partial charge on any atom is 0.231 e. The molecule has 1 heterocycles. The van der Waals surface area contributed by atoms with Crippen molar-refractivity contribution in [2.75, 3.05) is 6.79 Å². The normalized spacial score (nSPS) is 14.1. The van der Waals surface area contributed by atoms with Gasteiger partial charge >= 0.3 is 0 Å². The molecule has 0 aliphatic carbocycles. The van der Waals surface area contributed by atoms with Gasteiger partial charge in [0.25, 0.3) is 0 Å². The number of nitrogens with zero attached hydrogens (tertiary/aromatic N) is 1. The summed E-state index contributed by atoms with van der Waals surface area (Å²) >= 11 is 0. The number of benzene rings is 1. The summed E-state index contributed by atoms with van der Waals surface area (Å²) in [7, 11) is 0. The zero-order chi connectivity index (χ0) is 8.39. The number of aliphatic imine (C=N–C) groups is 1. The van der Waals surface area contributed by atoms with Gasteiger partial charge in [-0.25, -0.2) is 0 Å². The first-order valence-electron chi connectivity index (χ1n) is 3.78. The molecular formula is C9H9NO2.